The van der Waals surface area contributed by atoms with Crippen LogP contribution >= 0.6 is 23.2 Å². The van der Waals surface area contributed by atoms with Gasteiger partial charge in [0.25, 0.3) is 0 Å². The SMILES string of the molecule is CNN/C(=C\C(=N)c1ccccc1Cl)NCC1CCCN(S(=O)(=O)C2=CCC(Cl)C=C2)C1. The fraction of sp³-hybridized carbons (Fsp3) is 0.409. The molecule has 1 aromatic rings. The Morgan fingerprint density at radius 1 is 1.34 bits per heavy atom. The third-order valence-electron chi connectivity index (χ3n) is 5.43. The van der Waals surface area contributed by atoms with Crippen molar-refractivity contribution in [3.63, 3.8) is 0 Å². The fourth-order valence-electron chi connectivity index (χ4n) is 3.75. The van der Waals surface area contributed by atoms with Crippen molar-refractivity contribution >= 4 is 38.9 Å². The Morgan fingerprint density at radius 3 is 2.81 bits per heavy atom. The molecule has 0 radical (unpaired) electrons. The first-order chi connectivity index (χ1) is 15.3. The van der Waals surface area contributed by atoms with Gasteiger partial charge in [-0.25, -0.2) is 13.8 Å². The van der Waals surface area contributed by atoms with E-state index < -0.39 is 10.0 Å². The number of nitrogens with one attached hydrogen (secondary N) is 4. The van der Waals surface area contributed by atoms with Gasteiger partial charge in [-0.05, 0) is 37.3 Å². The highest BCUT2D eigenvalue weighted by Gasteiger charge is 2.31. The molecule has 174 valence electrons. The van der Waals surface area contributed by atoms with Crippen molar-refractivity contribution in [1.82, 2.24) is 20.5 Å². The van der Waals surface area contributed by atoms with Crippen molar-refractivity contribution in [2.45, 2.75) is 24.6 Å². The molecule has 1 aliphatic heterocycles. The zero-order valence-electron chi connectivity index (χ0n) is 17.9. The second-order valence-corrected chi connectivity index (χ2v) is 10.7. The van der Waals surface area contributed by atoms with Gasteiger partial charge in [0.15, 0.2) is 0 Å². The van der Waals surface area contributed by atoms with Gasteiger partial charge < -0.3 is 16.2 Å². The highest BCUT2D eigenvalue weighted by Crippen LogP contribution is 2.26. The number of sulfonamides is 1. The molecule has 2 atom stereocenters. The summed E-state index contributed by atoms with van der Waals surface area (Å²) in [5.41, 5.74) is 6.76. The van der Waals surface area contributed by atoms with Crippen LogP contribution < -0.4 is 16.2 Å². The van der Waals surface area contributed by atoms with Crippen LogP contribution in [0.1, 0.15) is 24.8 Å². The number of nitrogens with zero attached hydrogens (tertiary/aromatic N) is 1. The number of halogens is 2. The second kappa shape index (κ2) is 11.3. The number of rotatable bonds is 9. The van der Waals surface area contributed by atoms with Crippen LogP contribution in [0.2, 0.25) is 5.02 Å². The molecule has 1 aliphatic carbocycles. The Kier molecular flexibility index (Phi) is 8.79. The molecule has 1 saturated heterocycles. The van der Waals surface area contributed by atoms with E-state index >= 15 is 0 Å². The Bertz CT molecular complexity index is 1020. The highest BCUT2D eigenvalue weighted by atomic mass is 35.5. The number of hydrogen-bond donors (Lipinski definition) is 4. The van der Waals surface area contributed by atoms with E-state index in [4.69, 9.17) is 28.6 Å². The molecule has 2 unspecified atom stereocenters. The second-order valence-electron chi connectivity index (χ2n) is 7.80. The van der Waals surface area contributed by atoms with E-state index in [9.17, 15) is 8.42 Å². The molecule has 0 spiro atoms. The summed E-state index contributed by atoms with van der Waals surface area (Å²) in [5, 5.41) is 12.0. The first kappa shape index (κ1) is 24.8. The summed E-state index contributed by atoms with van der Waals surface area (Å²) in [5.74, 6) is 0.757. The summed E-state index contributed by atoms with van der Waals surface area (Å²) in [6.45, 7) is 1.53. The molecule has 4 N–H and O–H groups in total. The van der Waals surface area contributed by atoms with Crippen molar-refractivity contribution < 1.29 is 8.42 Å². The van der Waals surface area contributed by atoms with Crippen LogP contribution in [0.25, 0.3) is 0 Å². The van der Waals surface area contributed by atoms with Gasteiger partial charge in [-0.3, -0.25) is 0 Å². The fourth-order valence-corrected chi connectivity index (χ4v) is 5.78. The van der Waals surface area contributed by atoms with Gasteiger partial charge in [-0.1, -0.05) is 42.0 Å². The molecular weight excluding hydrogens is 469 g/mol. The standard InChI is InChI=1S/C22H29Cl2N5O2S/c1-26-28-22(13-21(25)19-6-2-3-7-20(19)24)27-14-16-5-4-12-29(15-16)32(30,31)18-10-8-17(23)9-11-18/h2-3,6-8,10-11,13,16-17,25-28H,4-5,9,12,14-15H2,1H3/b22-13-,25-21?. The first-order valence-corrected chi connectivity index (χ1v) is 12.8. The quantitative estimate of drug-likeness (QED) is 0.238. The third-order valence-corrected chi connectivity index (χ3v) is 7.99. The normalized spacial score (nSPS) is 22.3. The van der Waals surface area contributed by atoms with Gasteiger partial charge in [-0.2, -0.15) is 4.31 Å². The lowest BCUT2D eigenvalue weighted by molar-refractivity contribution is 0.264. The van der Waals surface area contributed by atoms with Crippen LogP contribution in [-0.4, -0.2) is 50.5 Å². The molecule has 0 bridgehead atoms. The zero-order valence-corrected chi connectivity index (χ0v) is 20.3. The molecule has 10 heteroatoms. The highest BCUT2D eigenvalue weighted by molar-refractivity contribution is 7.93. The Labute approximate surface area is 200 Å². The van der Waals surface area contributed by atoms with Crippen LogP contribution in [0.15, 0.2) is 59.3 Å². The van der Waals surface area contributed by atoms with Crippen LogP contribution in [0.3, 0.4) is 0 Å². The molecule has 2 aliphatic rings. The molecule has 1 aromatic carbocycles. The summed E-state index contributed by atoms with van der Waals surface area (Å²) in [6.07, 6.45) is 8.94. The number of allylic oxidation sites excluding steroid dienone is 4. The van der Waals surface area contributed by atoms with Gasteiger partial charge in [0.2, 0.25) is 10.0 Å². The Hall–Kier alpha value is -1.84. The maximum absolute atomic E-state index is 13.0. The van der Waals surface area contributed by atoms with Crippen molar-refractivity contribution in [1.29, 1.82) is 5.41 Å². The lowest BCUT2D eigenvalue weighted by atomic mass is 10.00. The minimum Gasteiger partial charge on any atom is -0.370 e. The minimum atomic E-state index is -3.52. The predicted molar refractivity (Wildman–Crippen MR) is 131 cm³/mol. The minimum absolute atomic E-state index is 0.143. The number of piperidine rings is 1. The van der Waals surface area contributed by atoms with E-state index in [0.717, 1.165) is 12.8 Å². The largest absolute Gasteiger partial charge is 0.370 e. The van der Waals surface area contributed by atoms with Crippen LogP contribution in [0, 0.1) is 11.3 Å². The van der Waals surface area contributed by atoms with Crippen molar-refractivity contribution in [3.8, 4) is 0 Å². The molecule has 0 aromatic heterocycles. The molecule has 1 heterocycles. The van der Waals surface area contributed by atoms with E-state index in [1.165, 1.54) is 0 Å². The van der Waals surface area contributed by atoms with Crippen LogP contribution in [-0.2, 0) is 10.0 Å². The topological polar surface area (TPSA) is 97.3 Å². The molecule has 1 fully saturated rings. The molecule has 3 rings (SSSR count). The van der Waals surface area contributed by atoms with Crippen molar-refractivity contribution in [3.05, 3.63) is 69.9 Å². The maximum Gasteiger partial charge on any atom is 0.242 e. The van der Waals surface area contributed by atoms with Crippen molar-refractivity contribution in [2.24, 2.45) is 5.92 Å². The average Bonchev–Trinajstić information content (AvgIpc) is 2.78. The van der Waals surface area contributed by atoms with Gasteiger partial charge in [0.1, 0.15) is 5.82 Å². The number of hydrazine groups is 1. The van der Waals surface area contributed by atoms with Gasteiger partial charge in [-0.15, -0.1) is 11.6 Å². The van der Waals surface area contributed by atoms with Crippen LogP contribution in [0.4, 0.5) is 0 Å². The lowest BCUT2D eigenvalue weighted by Crippen LogP contribution is -2.44. The molecular formula is C22H29Cl2N5O2S. The van der Waals surface area contributed by atoms with E-state index in [1.807, 2.05) is 12.1 Å². The van der Waals surface area contributed by atoms with E-state index in [1.54, 1.807) is 47.8 Å². The van der Waals surface area contributed by atoms with Gasteiger partial charge in [0, 0.05) is 43.3 Å². The summed E-state index contributed by atoms with van der Waals surface area (Å²) in [7, 11) is -1.78. The number of hydrogen-bond acceptors (Lipinski definition) is 6. The monoisotopic (exact) mass is 497 g/mol. The summed E-state index contributed by atoms with van der Waals surface area (Å²) < 4.78 is 27.6. The average molecular weight is 498 g/mol. The number of benzene rings is 1. The predicted octanol–water partition coefficient (Wildman–Crippen LogP) is 3.36. The van der Waals surface area contributed by atoms with Gasteiger partial charge >= 0.3 is 0 Å². The third kappa shape index (κ3) is 6.36. The maximum atomic E-state index is 13.0. The Balaban J connectivity index is 1.64. The smallest absolute Gasteiger partial charge is 0.242 e. The van der Waals surface area contributed by atoms with E-state index in [0.29, 0.717) is 47.4 Å². The van der Waals surface area contributed by atoms with E-state index in [-0.39, 0.29) is 17.0 Å². The van der Waals surface area contributed by atoms with Gasteiger partial charge in [0.05, 0.1) is 16.0 Å². The Morgan fingerprint density at radius 2 is 2.12 bits per heavy atom. The van der Waals surface area contributed by atoms with Crippen LogP contribution in [0.5, 0.6) is 0 Å². The number of alkyl halides is 1. The molecule has 0 saturated carbocycles. The molecule has 32 heavy (non-hydrogen) atoms. The first-order valence-electron chi connectivity index (χ1n) is 10.6. The summed E-state index contributed by atoms with van der Waals surface area (Å²) >= 11 is 12.2. The molecule has 7 nitrogen and oxygen atoms in total. The van der Waals surface area contributed by atoms with E-state index in [2.05, 4.69) is 16.2 Å². The summed E-state index contributed by atoms with van der Waals surface area (Å²) in [6, 6.07) is 7.20. The lowest BCUT2D eigenvalue weighted by Gasteiger charge is -2.33. The zero-order chi connectivity index (χ0) is 23.1. The van der Waals surface area contributed by atoms with Crippen molar-refractivity contribution in [2.75, 3.05) is 26.7 Å². The summed E-state index contributed by atoms with van der Waals surface area (Å²) in [4.78, 5) is 0.327. The molecule has 0 amide bonds.